The quantitative estimate of drug-likeness (QED) is 0.712. The van der Waals surface area contributed by atoms with E-state index in [-0.39, 0.29) is 5.43 Å². The topological polar surface area (TPSA) is 70.7 Å². The Morgan fingerprint density at radius 1 is 0.913 bits per heavy atom. The largest absolute Gasteiger partial charge is 0.455 e. The van der Waals surface area contributed by atoms with Gasteiger partial charge in [0.1, 0.15) is 11.2 Å². The second-order valence-corrected chi connectivity index (χ2v) is 6.95. The van der Waals surface area contributed by atoms with E-state index in [4.69, 9.17) is 4.42 Å². The van der Waals surface area contributed by atoms with Crippen molar-refractivity contribution in [1.29, 1.82) is 0 Å². The first kappa shape index (κ1) is 15.7. The number of rotatable bonds is 2. The van der Waals surface area contributed by atoms with Crippen LogP contribution in [0.2, 0.25) is 0 Å². The molecule has 0 aliphatic rings. The molecule has 4 nitrogen and oxygen atoms in total. The second kappa shape index (κ2) is 4.91. The molecular formula is C19H20O4. The van der Waals surface area contributed by atoms with Crippen LogP contribution in [0.25, 0.3) is 21.9 Å². The molecule has 1 heterocycles. The molecule has 0 radical (unpaired) electrons. The zero-order valence-corrected chi connectivity index (χ0v) is 13.7. The molecule has 2 aromatic carbocycles. The van der Waals surface area contributed by atoms with Crippen LogP contribution < -0.4 is 5.43 Å². The maximum absolute atomic E-state index is 12.8. The Labute approximate surface area is 134 Å². The van der Waals surface area contributed by atoms with Crippen LogP contribution in [0.15, 0.2) is 45.6 Å². The molecule has 1 aromatic heterocycles. The van der Waals surface area contributed by atoms with E-state index >= 15 is 0 Å². The summed E-state index contributed by atoms with van der Waals surface area (Å²) >= 11 is 0. The van der Waals surface area contributed by atoms with Crippen LogP contribution in [0.4, 0.5) is 0 Å². The molecule has 0 saturated carbocycles. The minimum absolute atomic E-state index is 0.168. The molecule has 0 unspecified atom stereocenters. The van der Waals surface area contributed by atoms with Crippen LogP contribution in [0.1, 0.15) is 38.8 Å². The Hall–Kier alpha value is -2.17. The van der Waals surface area contributed by atoms with Crippen molar-refractivity contribution >= 4 is 21.9 Å². The molecule has 3 rings (SSSR count). The highest BCUT2D eigenvalue weighted by Crippen LogP contribution is 2.33. The van der Waals surface area contributed by atoms with Gasteiger partial charge in [-0.25, -0.2) is 0 Å². The summed E-state index contributed by atoms with van der Waals surface area (Å²) < 4.78 is 5.91. The molecule has 0 aliphatic carbocycles. The lowest BCUT2D eigenvalue weighted by molar-refractivity contribution is 0.0723. The third kappa shape index (κ3) is 2.64. The fourth-order valence-electron chi connectivity index (χ4n) is 2.71. The summed E-state index contributed by atoms with van der Waals surface area (Å²) in [6.07, 6.45) is 0. The van der Waals surface area contributed by atoms with E-state index < -0.39 is 11.2 Å². The predicted octanol–water partition coefficient (Wildman–Crippen LogP) is 3.40. The molecule has 0 saturated heterocycles. The van der Waals surface area contributed by atoms with Crippen molar-refractivity contribution < 1.29 is 14.6 Å². The molecule has 4 heteroatoms. The van der Waals surface area contributed by atoms with Crippen molar-refractivity contribution in [1.82, 2.24) is 0 Å². The van der Waals surface area contributed by atoms with E-state index in [1.165, 1.54) is 0 Å². The van der Waals surface area contributed by atoms with Gasteiger partial charge in [-0.3, -0.25) is 4.79 Å². The van der Waals surface area contributed by atoms with Gasteiger partial charge in [-0.15, -0.1) is 0 Å². The monoisotopic (exact) mass is 312 g/mol. The average molecular weight is 312 g/mol. The van der Waals surface area contributed by atoms with Gasteiger partial charge in [0.2, 0.25) is 5.43 Å². The lowest BCUT2D eigenvalue weighted by Crippen LogP contribution is -2.22. The van der Waals surface area contributed by atoms with Crippen molar-refractivity contribution in [3.05, 3.63) is 57.7 Å². The van der Waals surface area contributed by atoms with Gasteiger partial charge in [0.25, 0.3) is 0 Å². The molecule has 0 spiro atoms. The van der Waals surface area contributed by atoms with E-state index in [0.29, 0.717) is 33.1 Å². The molecule has 0 amide bonds. The maximum atomic E-state index is 12.8. The summed E-state index contributed by atoms with van der Waals surface area (Å²) in [5, 5.41) is 21.7. The summed E-state index contributed by atoms with van der Waals surface area (Å²) in [5.74, 6) is 0. The molecule has 0 bridgehead atoms. The molecule has 0 fully saturated rings. The van der Waals surface area contributed by atoms with Gasteiger partial charge in [-0.1, -0.05) is 12.1 Å². The maximum Gasteiger partial charge on any atom is 0.200 e. The van der Waals surface area contributed by atoms with Gasteiger partial charge in [0, 0.05) is 5.56 Å². The zero-order valence-electron chi connectivity index (χ0n) is 13.7. The van der Waals surface area contributed by atoms with Crippen LogP contribution in [0.3, 0.4) is 0 Å². The Kier molecular flexibility index (Phi) is 3.36. The molecule has 3 aromatic rings. The van der Waals surface area contributed by atoms with Gasteiger partial charge in [-0.05, 0) is 57.5 Å². The Bertz CT molecular complexity index is 953. The van der Waals surface area contributed by atoms with Gasteiger partial charge in [0.05, 0.1) is 22.0 Å². The van der Waals surface area contributed by atoms with E-state index in [2.05, 4.69) is 0 Å². The fraction of sp³-hybridized carbons (Fsp3) is 0.316. The van der Waals surface area contributed by atoms with E-state index in [1.807, 2.05) is 0 Å². The molecular weight excluding hydrogens is 292 g/mol. The van der Waals surface area contributed by atoms with Crippen LogP contribution >= 0.6 is 0 Å². The number of hydrogen-bond acceptors (Lipinski definition) is 4. The number of benzene rings is 2. The van der Waals surface area contributed by atoms with Crippen molar-refractivity contribution in [3.63, 3.8) is 0 Å². The standard InChI is InChI=1S/C19H20O4/c1-18(2,21)11-9-13-16(20)12-7-5-6-8-15(12)23-17(13)14(10-11)19(3,4)22/h5-10,21-22H,1-4H3. The highest BCUT2D eigenvalue weighted by Gasteiger charge is 2.27. The lowest BCUT2D eigenvalue weighted by Gasteiger charge is -2.24. The minimum atomic E-state index is -1.21. The normalized spacial score (nSPS) is 13.0. The van der Waals surface area contributed by atoms with E-state index in [9.17, 15) is 15.0 Å². The minimum Gasteiger partial charge on any atom is -0.455 e. The molecule has 0 atom stereocenters. The fourth-order valence-corrected chi connectivity index (χ4v) is 2.71. The van der Waals surface area contributed by atoms with Crippen LogP contribution in [-0.2, 0) is 11.2 Å². The van der Waals surface area contributed by atoms with Crippen molar-refractivity contribution in [2.75, 3.05) is 0 Å². The first-order chi connectivity index (χ1) is 10.6. The molecule has 2 N–H and O–H groups in total. The van der Waals surface area contributed by atoms with Gasteiger partial charge >= 0.3 is 0 Å². The zero-order chi connectivity index (χ0) is 17.0. The third-order valence-corrected chi connectivity index (χ3v) is 4.04. The van der Waals surface area contributed by atoms with Gasteiger partial charge < -0.3 is 14.6 Å². The summed E-state index contributed by atoms with van der Waals surface area (Å²) in [6, 6.07) is 10.4. The van der Waals surface area contributed by atoms with Crippen LogP contribution in [0.5, 0.6) is 0 Å². The molecule has 120 valence electrons. The van der Waals surface area contributed by atoms with Crippen LogP contribution in [-0.4, -0.2) is 10.2 Å². The molecule has 0 aliphatic heterocycles. The van der Waals surface area contributed by atoms with Gasteiger partial charge in [-0.2, -0.15) is 0 Å². The van der Waals surface area contributed by atoms with Crippen molar-refractivity contribution in [2.24, 2.45) is 0 Å². The SMILES string of the molecule is CC(C)(O)c1cc(C(C)(C)O)c2oc3ccccc3c(=O)c2c1. The first-order valence-electron chi connectivity index (χ1n) is 7.54. The van der Waals surface area contributed by atoms with E-state index in [0.717, 1.165) is 0 Å². The lowest BCUT2D eigenvalue weighted by atomic mass is 9.88. The smallest absolute Gasteiger partial charge is 0.200 e. The third-order valence-electron chi connectivity index (χ3n) is 4.04. The number of para-hydroxylation sites is 1. The van der Waals surface area contributed by atoms with E-state index in [1.54, 1.807) is 64.1 Å². The highest BCUT2D eigenvalue weighted by atomic mass is 16.3. The Balaban J connectivity index is 2.55. The molecule has 23 heavy (non-hydrogen) atoms. The predicted molar refractivity (Wildman–Crippen MR) is 90.5 cm³/mol. The second-order valence-electron chi connectivity index (χ2n) is 6.95. The Morgan fingerprint density at radius 3 is 2.17 bits per heavy atom. The number of hydrogen-bond donors (Lipinski definition) is 2. The van der Waals surface area contributed by atoms with Crippen molar-refractivity contribution in [2.45, 2.75) is 38.9 Å². The van der Waals surface area contributed by atoms with Crippen LogP contribution in [0, 0.1) is 0 Å². The summed E-state index contributed by atoms with van der Waals surface area (Å²) in [7, 11) is 0. The first-order valence-corrected chi connectivity index (χ1v) is 7.54. The van der Waals surface area contributed by atoms with Gasteiger partial charge in [0.15, 0.2) is 0 Å². The summed E-state index contributed by atoms with van der Waals surface area (Å²) in [5.41, 5.74) is -0.636. The average Bonchev–Trinajstić information content (AvgIpc) is 2.44. The summed E-state index contributed by atoms with van der Waals surface area (Å²) in [6.45, 7) is 6.55. The van der Waals surface area contributed by atoms with Crippen molar-refractivity contribution in [3.8, 4) is 0 Å². The number of fused-ring (bicyclic) bond motifs is 2. The summed E-state index contributed by atoms with van der Waals surface area (Å²) in [4.78, 5) is 12.8. The Morgan fingerprint density at radius 2 is 1.57 bits per heavy atom. The number of aliphatic hydroxyl groups is 2. The highest BCUT2D eigenvalue weighted by molar-refractivity contribution is 5.92.